The van der Waals surface area contributed by atoms with Gasteiger partial charge in [-0.1, -0.05) is 18.2 Å². The number of hydrogen-bond donors (Lipinski definition) is 2. The Kier molecular flexibility index (Phi) is 5.99. The van der Waals surface area contributed by atoms with E-state index in [4.69, 9.17) is 4.74 Å². The predicted octanol–water partition coefficient (Wildman–Crippen LogP) is 1.55. The van der Waals surface area contributed by atoms with Crippen molar-refractivity contribution in [3.8, 4) is 0 Å². The summed E-state index contributed by atoms with van der Waals surface area (Å²) in [4.78, 5) is 11.5. The van der Waals surface area contributed by atoms with Gasteiger partial charge in [-0.25, -0.2) is 0 Å². The summed E-state index contributed by atoms with van der Waals surface area (Å²) < 4.78 is 5.03. The van der Waals surface area contributed by atoms with Gasteiger partial charge in [0.2, 0.25) is 5.91 Å². The summed E-state index contributed by atoms with van der Waals surface area (Å²) in [5.41, 5.74) is 1.81. The number of amides is 1. The second-order valence-corrected chi connectivity index (χ2v) is 3.60. The zero-order valence-electron chi connectivity index (χ0n) is 10.0. The molecule has 1 aromatic rings. The Morgan fingerprint density at radius 1 is 1.53 bits per heavy atom. The Balaban J connectivity index is 2.46. The Morgan fingerprint density at radius 2 is 2.35 bits per heavy atom. The van der Waals surface area contributed by atoms with Crippen LogP contribution in [0.25, 0.3) is 0 Å². The minimum Gasteiger partial charge on any atom is -0.380 e. The first-order chi connectivity index (χ1) is 8.26. The van der Waals surface area contributed by atoms with Crippen LogP contribution in [0.1, 0.15) is 5.56 Å². The van der Waals surface area contributed by atoms with Crippen molar-refractivity contribution in [2.75, 3.05) is 25.5 Å². The van der Waals surface area contributed by atoms with E-state index in [1.54, 1.807) is 13.2 Å². The van der Waals surface area contributed by atoms with Gasteiger partial charge in [0.15, 0.2) is 0 Å². The molecule has 0 aromatic heterocycles. The van der Waals surface area contributed by atoms with Crippen LogP contribution in [0, 0.1) is 0 Å². The zero-order valence-corrected chi connectivity index (χ0v) is 10.0. The number of ether oxygens (including phenoxy) is 1. The first-order valence-corrected chi connectivity index (χ1v) is 5.45. The van der Waals surface area contributed by atoms with Gasteiger partial charge in [-0.2, -0.15) is 0 Å². The van der Waals surface area contributed by atoms with Crippen molar-refractivity contribution in [1.82, 2.24) is 5.32 Å². The lowest BCUT2D eigenvalue weighted by Crippen LogP contribution is -2.28. The van der Waals surface area contributed by atoms with Crippen molar-refractivity contribution in [3.63, 3.8) is 0 Å². The monoisotopic (exact) mass is 234 g/mol. The summed E-state index contributed by atoms with van der Waals surface area (Å²) in [6.07, 6.45) is 1.71. The Hall–Kier alpha value is -1.65. The number of nitrogens with one attached hydrogen (secondary N) is 2. The van der Waals surface area contributed by atoms with E-state index in [9.17, 15) is 4.79 Å². The maximum absolute atomic E-state index is 11.5. The molecule has 0 atom stereocenters. The van der Waals surface area contributed by atoms with Gasteiger partial charge in [-0.05, 0) is 17.7 Å². The molecule has 0 heterocycles. The zero-order chi connectivity index (χ0) is 12.5. The number of carbonyl (C=O) groups excluding carboxylic acids is 1. The number of hydrogen-bond acceptors (Lipinski definition) is 3. The van der Waals surface area contributed by atoms with Crippen LogP contribution in [0.5, 0.6) is 0 Å². The van der Waals surface area contributed by atoms with Crippen molar-refractivity contribution in [2.45, 2.75) is 6.61 Å². The second kappa shape index (κ2) is 7.60. The predicted molar refractivity (Wildman–Crippen MR) is 68.9 cm³/mol. The maximum Gasteiger partial charge on any atom is 0.238 e. The van der Waals surface area contributed by atoms with Crippen LogP contribution in [0.4, 0.5) is 5.69 Å². The van der Waals surface area contributed by atoms with Crippen LogP contribution >= 0.6 is 0 Å². The Bertz CT molecular complexity index is 377. The summed E-state index contributed by atoms with van der Waals surface area (Å²) in [7, 11) is 1.64. The van der Waals surface area contributed by atoms with Crippen LogP contribution in [0.2, 0.25) is 0 Å². The molecule has 0 fully saturated rings. The van der Waals surface area contributed by atoms with Gasteiger partial charge in [-0.15, -0.1) is 6.58 Å². The topological polar surface area (TPSA) is 50.4 Å². The molecule has 4 nitrogen and oxygen atoms in total. The third-order valence-electron chi connectivity index (χ3n) is 2.10. The molecule has 0 aliphatic heterocycles. The fourth-order valence-electron chi connectivity index (χ4n) is 1.40. The number of methoxy groups -OCH3 is 1. The minimum absolute atomic E-state index is 0.0681. The largest absolute Gasteiger partial charge is 0.380 e. The van der Waals surface area contributed by atoms with Crippen LogP contribution in [-0.4, -0.2) is 26.1 Å². The fraction of sp³-hybridized carbons (Fsp3) is 0.308. The molecule has 1 rings (SSSR count). The molecular formula is C13H18N2O2. The molecule has 0 unspecified atom stereocenters. The molecule has 0 saturated carbocycles. The second-order valence-electron chi connectivity index (χ2n) is 3.60. The van der Waals surface area contributed by atoms with Gasteiger partial charge in [-0.3, -0.25) is 4.79 Å². The van der Waals surface area contributed by atoms with Crippen LogP contribution in [0.15, 0.2) is 36.9 Å². The minimum atomic E-state index is -0.0681. The van der Waals surface area contributed by atoms with E-state index in [0.717, 1.165) is 11.3 Å². The third kappa shape index (κ3) is 5.29. The van der Waals surface area contributed by atoms with E-state index in [2.05, 4.69) is 17.2 Å². The summed E-state index contributed by atoms with van der Waals surface area (Å²) >= 11 is 0. The highest BCUT2D eigenvalue weighted by atomic mass is 16.5. The van der Waals surface area contributed by atoms with Crippen molar-refractivity contribution < 1.29 is 9.53 Å². The number of carbonyl (C=O) groups is 1. The van der Waals surface area contributed by atoms with Gasteiger partial charge in [0.05, 0.1) is 13.2 Å². The van der Waals surface area contributed by atoms with E-state index in [1.807, 2.05) is 24.3 Å². The third-order valence-corrected chi connectivity index (χ3v) is 2.10. The maximum atomic E-state index is 11.5. The molecule has 4 heteroatoms. The van der Waals surface area contributed by atoms with Gasteiger partial charge in [0, 0.05) is 19.3 Å². The van der Waals surface area contributed by atoms with Crippen molar-refractivity contribution in [3.05, 3.63) is 42.5 Å². The molecule has 0 bridgehead atoms. The highest BCUT2D eigenvalue weighted by Gasteiger charge is 2.01. The quantitative estimate of drug-likeness (QED) is 0.556. The van der Waals surface area contributed by atoms with Crippen LogP contribution in [-0.2, 0) is 16.1 Å². The van der Waals surface area contributed by atoms with Crippen LogP contribution in [0.3, 0.4) is 0 Å². The number of anilines is 1. The molecule has 0 aliphatic carbocycles. The van der Waals surface area contributed by atoms with Crippen molar-refractivity contribution in [2.24, 2.45) is 0 Å². The van der Waals surface area contributed by atoms with E-state index >= 15 is 0 Å². The summed E-state index contributed by atoms with van der Waals surface area (Å²) in [6, 6.07) is 7.59. The van der Waals surface area contributed by atoms with Gasteiger partial charge in [0.1, 0.15) is 0 Å². The molecule has 17 heavy (non-hydrogen) atoms. The van der Waals surface area contributed by atoms with E-state index in [0.29, 0.717) is 13.2 Å². The van der Waals surface area contributed by atoms with Gasteiger partial charge in [0.25, 0.3) is 0 Å². The molecule has 1 amide bonds. The fourth-order valence-corrected chi connectivity index (χ4v) is 1.40. The lowest BCUT2D eigenvalue weighted by Gasteiger charge is -2.07. The first kappa shape index (κ1) is 13.4. The van der Waals surface area contributed by atoms with Gasteiger partial charge < -0.3 is 15.4 Å². The molecule has 0 aliphatic rings. The normalized spacial score (nSPS) is 9.94. The molecule has 1 aromatic carbocycles. The average molecular weight is 234 g/mol. The lowest BCUT2D eigenvalue weighted by molar-refractivity contribution is -0.115. The van der Waals surface area contributed by atoms with E-state index < -0.39 is 0 Å². The van der Waals surface area contributed by atoms with Crippen molar-refractivity contribution >= 4 is 11.6 Å². The summed E-state index contributed by atoms with van der Waals surface area (Å²) in [5, 5.41) is 5.75. The molecule has 0 radical (unpaired) electrons. The van der Waals surface area contributed by atoms with Crippen LogP contribution < -0.4 is 10.6 Å². The van der Waals surface area contributed by atoms with Gasteiger partial charge >= 0.3 is 0 Å². The summed E-state index contributed by atoms with van der Waals surface area (Å²) in [6.45, 7) is 5.01. The number of benzene rings is 1. The standard InChI is InChI=1S/C13H18N2O2/c1-3-7-14-9-13(16)15-12-6-4-5-11(8-12)10-17-2/h3-6,8,14H,1,7,9-10H2,2H3,(H,15,16). The SMILES string of the molecule is C=CCNCC(=O)Nc1cccc(COC)c1. The highest BCUT2D eigenvalue weighted by molar-refractivity contribution is 5.92. The molecule has 92 valence electrons. The summed E-state index contributed by atoms with van der Waals surface area (Å²) in [5.74, 6) is -0.0681. The first-order valence-electron chi connectivity index (χ1n) is 5.45. The molecule has 2 N–H and O–H groups in total. The Morgan fingerprint density at radius 3 is 3.06 bits per heavy atom. The van der Waals surface area contributed by atoms with Crippen molar-refractivity contribution in [1.29, 1.82) is 0 Å². The average Bonchev–Trinajstić information content (AvgIpc) is 2.30. The Labute approximate surface area is 102 Å². The highest BCUT2D eigenvalue weighted by Crippen LogP contribution is 2.10. The molecule has 0 spiro atoms. The van der Waals surface area contributed by atoms with E-state index in [-0.39, 0.29) is 12.5 Å². The molecular weight excluding hydrogens is 216 g/mol. The smallest absolute Gasteiger partial charge is 0.238 e. The number of rotatable bonds is 7. The van der Waals surface area contributed by atoms with E-state index in [1.165, 1.54) is 0 Å². The molecule has 0 saturated heterocycles. The lowest BCUT2D eigenvalue weighted by atomic mass is 10.2.